The molecule has 0 saturated carbocycles. The molecule has 0 unspecified atom stereocenters. The number of nitrogens with zero attached hydrogens (tertiary/aromatic N) is 3. The van der Waals surface area contributed by atoms with E-state index in [-0.39, 0.29) is 18.1 Å². The summed E-state index contributed by atoms with van der Waals surface area (Å²) in [7, 11) is 3.21. The van der Waals surface area contributed by atoms with Crippen LogP contribution in [0.15, 0.2) is 41.3 Å². The van der Waals surface area contributed by atoms with Gasteiger partial charge < -0.3 is 19.7 Å². The fraction of sp³-hybridized carbons (Fsp3) is 0.421. The molecule has 1 N–H and O–H groups in total. The van der Waals surface area contributed by atoms with Gasteiger partial charge in [-0.3, -0.25) is 9.59 Å². The van der Waals surface area contributed by atoms with Crippen LogP contribution in [0.2, 0.25) is 0 Å². The van der Waals surface area contributed by atoms with Crippen molar-refractivity contribution in [3.63, 3.8) is 0 Å². The molecule has 8 heteroatoms. The minimum absolute atomic E-state index is 0.0394. The van der Waals surface area contributed by atoms with Crippen molar-refractivity contribution in [2.24, 2.45) is 13.0 Å². The lowest BCUT2D eigenvalue weighted by molar-refractivity contribution is -0.123. The van der Waals surface area contributed by atoms with Gasteiger partial charge in [0.1, 0.15) is 11.5 Å². The summed E-state index contributed by atoms with van der Waals surface area (Å²) in [5.74, 6) is 1.44. The van der Waals surface area contributed by atoms with E-state index in [4.69, 9.17) is 9.47 Å². The van der Waals surface area contributed by atoms with Crippen molar-refractivity contribution >= 4 is 11.6 Å². The van der Waals surface area contributed by atoms with Crippen LogP contribution in [0.4, 0.5) is 5.69 Å². The molecule has 1 aromatic heterocycles. The number of anilines is 1. The molecule has 1 fully saturated rings. The van der Waals surface area contributed by atoms with Crippen molar-refractivity contribution in [1.29, 1.82) is 0 Å². The molecule has 3 rings (SSSR count). The van der Waals surface area contributed by atoms with E-state index < -0.39 is 0 Å². The van der Waals surface area contributed by atoms with Crippen LogP contribution in [0.25, 0.3) is 0 Å². The first-order valence-electron chi connectivity index (χ1n) is 8.87. The predicted molar refractivity (Wildman–Crippen MR) is 101 cm³/mol. The lowest BCUT2D eigenvalue weighted by Gasteiger charge is -2.18. The zero-order valence-electron chi connectivity index (χ0n) is 15.6. The van der Waals surface area contributed by atoms with Crippen LogP contribution in [-0.2, 0) is 11.8 Å². The summed E-state index contributed by atoms with van der Waals surface area (Å²) < 4.78 is 11.9. The van der Waals surface area contributed by atoms with Gasteiger partial charge in [0.15, 0.2) is 6.61 Å². The lowest BCUT2D eigenvalue weighted by atomic mass is 10.1. The monoisotopic (exact) mass is 372 g/mol. The van der Waals surface area contributed by atoms with Gasteiger partial charge >= 0.3 is 0 Å². The van der Waals surface area contributed by atoms with Crippen molar-refractivity contribution in [3.05, 3.63) is 46.9 Å². The van der Waals surface area contributed by atoms with Gasteiger partial charge in [-0.25, -0.2) is 4.68 Å². The number of aryl methyl sites for hydroxylation is 1. The highest BCUT2D eigenvalue weighted by Gasteiger charge is 2.23. The van der Waals surface area contributed by atoms with E-state index in [1.165, 1.54) is 4.68 Å². The Morgan fingerprint density at radius 3 is 2.93 bits per heavy atom. The SMILES string of the molecule is COc1cccc(OCC(=O)NC[C@H]2CCN(c3cnn(C)c(=O)c3)C2)c1. The van der Waals surface area contributed by atoms with Crippen LogP contribution in [0.5, 0.6) is 11.5 Å². The Morgan fingerprint density at radius 2 is 2.15 bits per heavy atom. The van der Waals surface area contributed by atoms with E-state index in [0.29, 0.717) is 24.0 Å². The third-order valence-corrected chi connectivity index (χ3v) is 4.60. The van der Waals surface area contributed by atoms with Gasteiger partial charge in [-0.15, -0.1) is 0 Å². The molecule has 2 aromatic rings. The Hall–Kier alpha value is -3.03. The third kappa shape index (κ3) is 4.99. The molecular formula is C19H24N4O4. The topological polar surface area (TPSA) is 85.7 Å². The maximum Gasteiger partial charge on any atom is 0.268 e. The van der Waals surface area contributed by atoms with E-state index in [0.717, 1.165) is 25.2 Å². The van der Waals surface area contributed by atoms with Gasteiger partial charge in [0.25, 0.3) is 11.5 Å². The molecule has 0 bridgehead atoms. The second kappa shape index (κ2) is 8.57. The Morgan fingerprint density at radius 1 is 1.33 bits per heavy atom. The van der Waals surface area contributed by atoms with Gasteiger partial charge in [-0.2, -0.15) is 5.10 Å². The second-order valence-corrected chi connectivity index (χ2v) is 6.55. The number of ether oxygens (including phenoxy) is 2. The number of carbonyl (C=O) groups is 1. The van der Waals surface area contributed by atoms with E-state index in [9.17, 15) is 9.59 Å². The normalized spacial score (nSPS) is 16.2. The molecule has 8 nitrogen and oxygen atoms in total. The first-order chi connectivity index (χ1) is 13.0. The smallest absolute Gasteiger partial charge is 0.268 e. The molecule has 1 amide bonds. The average Bonchev–Trinajstić information content (AvgIpc) is 3.16. The van der Waals surface area contributed by atoms with E-state index in [2.05, 4.69) is 15.3 Å². The molecule has 0 radical (unpaired) electrons. The largest absolute Gasteiger partial charge is 0.497 e. The summed E-state index contributed by atoms with van der Waals surface area (Å²) >= 11 is 0. The molecule has 1 aromatic carbocycles. The van der Waals surface area contributed by atoms with Crippen LogP contribution < -0.4 is 25.2 Å². The van der Waals surface area contributed by atoms with Crippen LogP contribution in [-0.4, -0.2) is 49.0 Å². The number of carbonyl (C=O) groups excluding carboxylic acids is 1. The first-order valence-corrected chi connectivity index (χ1v) is 8.87. The number of hydrogen-bond donors (Lipinski definition) is 1. The van der Waals surface area contributed by atoms with Crippen molar-refractivity contribution in [3.8, 4) is 11.5 Å². The number of amides is 1. The number of benzene rings is 1. The maximum absolute atomic E-state index is 12.0. The fourth-order valence-corrected chi connectivity index (χ4v) is 3.02. The molecule has 1 saturated heterocycles. The highest BCUT2D eigenvalue weighted by Crippen LogP contribution is 2.21. The molecule has 2 heterocycles. The summed E-state index contributed by atoms with van der Waals surface area (Å²) in [6.45, 7) is 2.17. The summed E-state index contributed by atoms with van der Waals surface area (Å²) in [6, 6.07) is 8.74. The molecule has 1 atom stereocenters. The minimum atomic E-state index is -0.161. The van der Waals surface area contributed by atoms with Crippen molar-refractivity contribution < 1.29 is 14.3 Å². The molecule has 1 aliphatic rings. The van der Waals surface area contributed by atoms with Crippen LogP contribution in [0.1, 0.15) is 6.42 Å². The zero-order chi connectivity index (χ0) is 19.2. The highest BCUT2D eigenvalue weighted by atomic mass is 16.5. The second-order valence-electron chi connectivity index (χ2n) is 6.55. The van der Waals surface area contributed by atoms with E-state index in [1.54, 1.807) is 38.6 Å². The van der Waals surface area contributed by atoms with Gasteiger partial charge in [0.05, 0.1) is 19.0 Å². The van der Waals surface area contributed by atoms with Crippen molar-refractivity contribution in [1.82, 2.24) is 15.1 Å². The average molecular weight is 372 g/mol. The Kier molecular flexibility index (Phi) is 5.95. The van der Waals surface area contributed by atoms with Gasteiger partial charge in [0.2, 0.25) is 0 Å². The molecule has 1 aliphatic heterocycles. The van der Waals surface area contributed by atoms with Crippen LogP contribution >= 0.6 is 0 Å². The number of rotatable bonds is 7. The summed E-state index contributed by atoms with van der Waals surface area (Å²) in [5.41, 5.74) is 0.701. The van der Waals surface area contributed by atoms with E-state index in [1.807, 2.05) is 12.1 Å². The summed E-state index contributed by atoms with van der Waals surface area (Å²) in [5, 5.41) is 6.97. The first kappa shape index (κ1) is 18.8. The standard InChI is InChI=1S/C19H24N4O4/c1-22-19(25)8-15(11-21-22)23-7-6-14(12-23)10-20-18(24)13-27-17-5-3-4-16(9-17)26-2/h3-5,8-9,11,14H,6-7,10,12-13H2,1-2H3,(H,20,24)/t14-/m1/s1. The van der Waals surface area contributed by atoms with Gasteiger partial charge in [-0.1, -0.05) is 6.07 Å². The Balaban J connectivity index is 1.43. The number of methoxy groups -OCH3 is 1. The van der Waals surface area contributed by atoms with Gasteiger partial charge in [0, 0.05) is 38.8 Å². The minimum Gasteiger partial charge on any atom is -0.497 e. The number of hydrogen-bond acceptors (Lipinski definition) is 6. The van der Waals surface area contributed by atoms with Crippen molar-refractivity contribution in [2.75, 3.05) is 38.3 Å². The van der Waals surface area contributed by atoms with E-state index >= 15 is 0 Å². The molecule has 0 spiro atoms. The summed E-state index contributed by atoms with van der Waals surface area (Å²) in [6.07, 6.45) is 2.65. The van der Waals surface area contributed by atoms with Gasteiger partial charge in [-0.05, 0) is 24.5 Å². The lowest BCUT2D eigenvalue weighted by Crippen LogP contribution is -2.34. The van der Waals surface area contributed by atoms with Crippen LogP contribution in [0, 0.1) is 5.92 Å². The fourth-order valence-electron chi connectivity index (χ4n) is 3.02. The highest BCUT2D eigenvalue weighted by molar-refractivity contribution is 5.77. The Labute approximate surface area is 157 Å². The molecular weight excluding hydrogens is 348 g/mol. The zero-order valence-corrected chi connectivity index (χ0v) is 15.6. The van der Waals surface area contributed by atoms with Crippen molar-refractivity contribution in [2.45, 2.75) is 6.42 Å². The number of aromatic nitrogens is 2. The van der Waals surface area contributed by atoms with Crippen LogP contribution in [0.3, 0.4) is 0 Å². The quantitative estimate of drug-likeness (QED) is 0.774. The Bertz CT molecular complexity index is 852. The number of nitrogens with one attached hydrogen (secondary N) is 1. The predicted octanol–water partition coefficient (Wildman–Crippen LogP) is 0.810. The molecule has 0 aliphatic carbocycles. The maximum atomic E-state index is 12.0. The molecule has 27 heavy (non-hydrogen) atoms. The third-order valence-electron chi connectivity index (χ3n) is 4.60. The molecule has 144 valence electrons. The summed E-state index contributed by atoms with van der Waals surface area (Å²) in [4.78, 5) is 25.9.